The third-order valence-electron chi connectivity index (χ3n) is 5.01. The van der Waals surface area contributed by atoms with Crippen LogP contribution in [0.15, 0.2) is 36.5 Å². The molecule has 2 N–H and O–H groups in total. The summed E-state index contributed by atoms with van der Waals surface area (Å²) < 4.78 is 10.6. The predicted octanol–water partition coefficient (Wildman–Crippen LogP) is 3.94. The highest BCUT2D eigenvalue weighted by molar-refractivity contribution is 6.31. The molecule has 0 spiro atoms. The molecule has 7 heteroatoms. The van der Waals surface area contributed by atoms with Gasteiger partial charge in [-0.3, -0.25) is 4.79 Å². The number of H-pyrrole nitrogens is 1. The van der Waals surface area contributed by atoms with Crippen molar-refractivity contribution in [3.05, 3.63) is 58.4 Å². The summed E-state index contributed by atoms with van der Waals surface area (Å²) in [4.78, 5) is 20.0. The predicted molar refractivity (Wildman–Crippen MR) is 108 cm³/mol. The van der Waals surface area contributed by atoms with Crippen molar-refractivity contribution in [1.82, 2.24) is 15.3 Å². The van der Waals surface area contributed by atoms with E-state index in [-0.39, 0.29) is 18.6 Å². The normalized spacial score (nSPS) is 16.0. The van der Waals surface area contributed by atoms with Gasteiger partial charge in [0.2, 0.25) is 11.8 Å². The number of nitrogens with one attached hydrogen (secondary N) is 2. The topological polar surface area (TPSA) is 76.2 Å². The van der Waals surface area contributed by atoms with Gasteiger partial charge in [0.05, 0.1) is 19.8 Å². The van der Waals surface area contributed by atoms with E-state index in [1.54, 1.807) is 19.4 Å². The summed E-state index contributed by atoms with van der Waals surface area (Å²) in [6, 6.07) is 9.45. The molecule has 28 heavy (non-hydrogen) atoms. The number of hydrogen-bond donors (Lipinski definition) is 2. The van der Waals surface area contributed by atoms with Crippen LogP contribution in [0.2, 0.25) is 5.02 Å². The maximum Gasteiger partial charge on any atom is 0.246 e. The molecule has 0 saturated heterocycles. The first-order valence-electron chi connectivity index (χ1n) is 9.30. The number of ether oxygens (including phenoxy) is 2. The van der Waals surface area contributed by atoms with Crippen molar-refractivity contribution in [2.45, 2.75) is 31.9 Å². The van der Waals surface area contributed by atoms with Gasteiger partial charge in [-0.05, 0) is 54.7 Å². The summed E-state index contributed by atoms with van der Waals surface area (Å²) in [6.45, 7) is 0.329. The fraction of sp³-hybridized carbons (Fsp3) is 0.333. The van der Waals surface area contributed by atoms with E-state index in [0.717, 1.165) is 46.4 Å². The minimum Gasteiger partial charge on any atom is -0.481 e. The Hall–Kier alpha value is -2.57. The highest BCUT2D eigenvalue weighted by Crippen LogP contribution is 2.35. The molecule has 3 aromatic rings. The lowest BCUT2D eigenvalue weighted by atomic mass is 9.91. The van der Waals surface area contributed by atoms with Crippen LogP contribution >= 0.6 is 11.6 Å². The zero-order valence-corrected chi connectivity index (χ0v) is 16.4. The molecule has 2 heterocycles. The average molecular weight is 400 g/mol. The van der Waals surface area contributed by atoms with Crippen LogP contribution in [0.3, 0.4) is 0 Å². The molecular formula is C21H22ClN3O3. The molecule has 1 unspecified atom stereocenters. The molecule has 0 saturated carbocycles. The number of aromatic nitrogens is 2. The maximum atomic E-state index is 12.4. The third-order valence-corrected chi connectivity index (χ3v) is 5.25. The quantitative estimate of drug-likeness (QED) is 0.658. The summed E-state index contributed by atoms with van der Waals surface area (Å²) in [5.41, 5.74) is 4.27. The van der Waals surface area contributed by atoms with Crippen molar-refractivity contribution in [2.75, 3.05) is 13.7 Å². The van der Waals surface area contributed by atoms with Gasteiger partial charge in [-0.15, -0.1) is 0 Å². The monoisotopic (exact) mass is 399 g/mol. The van der Waals surface area contributed by atoms with Gasteiger partial charge in [-0.25, -0.2) is 4.98 Å². The van der Waals surface area contributed by atoms with E-state index in [1.165, 1.54) is 5.56 Å². The van der Waals surface area contributed by atoms with Crippen molar-refractivity contribution in [1.29, 1.82) is 0 Å². The van der Waals surface area contributed by atoms with Crippen LogP contribution in [-0.4, -0.2) is 29.6 Å². The van der Waals surface area contributed by atoms with E-state index >= 15 is 0 Å². The molecule has 0 fully saturated rings. The first-order valence-corrected chi connectivity index (χ1v) is 9.68. The zero-order chi connectivity index (χ0) is 19.5. The van der Waals surface area contributed by atoms with Crippen molar-refractivity contribution in [3.63, 3.8) is 0 Å². The molecular weight excluding hydrogens is 378 g/mol. The van der Waals surface area contributed by atoms with Gasteiger partial charge in [0, 0.05) is 33.9 Å². The highest BCUT2D eigenvalue weighted by atomic mass is 35.5. The van der Waals surface area contributed by atoms with Gasteiger partial charge >= 0.3 is 0 Å². The van der Waals surface area contributed by atoms with Crippen LogP contribution in [0.5, 0.6) is 5.88 Å². The van der Waals surface area contributed by atoms with Crippen LogP contribution in [0.25, 0.3) is 10.9 Å². The molecule has 1 aliphatic rings. The van der Waals surface area contributed by atoms with Gasteiger partial charge in [0.1, 0.15) is 6.61 Å². The number of methoxy groups -OCH3 is 1. The van der Waals surface area contributed by atoms with E-state index in [1.807, 2.05) is 24.3 Å². The molecule has 0 aliphatic heterocycles. The molecule has 0 radical (unpaired) electrons. The lowest BCUT2D eigenvalue weighted by molar-refractivity contribution is -0.127. The molecule has 1 aromatic carbocycles. The second-order valence-corrected chi connectivity index (χ2v) is 7.36. The van der Waals surface area contributed by atoms with Gasteiger partial charge in [-0.1, -0.05) is 11.6 Å². The standard InChI is InChI=1S/C21H22ClN3O3/c1-27-20-8-5-13(10-23-20)11-28-12-19(26)24-18-4-2-3-15-16-9-14(22)6-7-17(16)25-21(15)18/h5-10,18,25H,2-4,11-12H2,1H3,(H,24,26). The summed E-state index contributed by atoms with van der Waals surface area (Å²) in [7, 11) is 1.57. The number of benzene rings is 1. The van der Waals surface area contributed by atoms with Gasteiger partial charge < -0.3 is 19.8 Å². The van der Waals surface area contributed by atoms with Crippen LogP contribution < -0.4 is 10.1 Å². The molecule has 1 aliphatic carbocycles. The average Bonchev–Trinajstić information content (AvgIpc) is 3.07. The number of nitrogens with zero attached hydrogens (tertiary/aromatic N) is 1. The highest BCUT2D eigenvalue weighted by Gasteiger charge is 2.25. The molecule has 1 atom stereocenters. The van der Waals surface area contributed by atoms with Crippen LogP contribution in [-0.2, 0) is 22.6 Å². The van der Waals surface area contributed by atoms with Crippen LogP contribution in [0.1, 0.15) is 35.7 Å². The molecule has 4 rings (SSSR count). The Bertz CT molecular complexity index is 984. The summed E-state index contributed by atoms with van der Waals surface area (Å²) in [6.07, 6.45) is 4.60. The lowest BCUT2D eigenvalue weighted by Gasteiger charge is -2.23. The lowest BCUT2D eigenvalue weighted by Crippen LogP contribution is -2.33. The van der Waals surface area contributed by atoms with Crippen molar-refractivity contribution in [3.8, 4) is 5.88 Å². The summed E-state index contributed by atoms with van der Waals surface area (Å²) >= 11 is 6.15. The van der Waals surface area contributed by atoms with Crippen LogP contribution in [0.4, 0.5) is 0 Å². The number of carbonyl (C=O) groups is 1. The van der Waals surface area contributed by atoms with Crippen molar-refractivity contribution >= 4 is 28.4 Å². The SMILES string of the molecule is COc1ccc(COCC(=O)NC2CCCc3c2[nH]c2ccc(Cl)cc32)cn1. The first kappa shape index (κ1) is 18.8. The number of amides is 1. The van der Waals surface area contributed by atoms with E-state index in [9.17, 15) is 4.79 Å². The van der Waals surface area contributed by atoms with Crippen molar-refractivity contribution < 1.29 is 14.3 Å². The summed E-state index contributed by atoms with van der Waals surface area (Å²) in [5, 5.41) is 4.96. The minimum atomic E-state index is -0.129. The smallest absolute Gasteiger partial charge is 0.246 e. The molecule has 1 amide bonds. The number of carbonyl (C=O) groups excluding carboxylic acids is 1. The second kappa shape index (κ2) is 8.20. The van der Waals surface area contributed by atoms with Gasteiger partial charge in [0.15, 0.2) is 0 Å². The molecule has 2 aromatic heterocycles. The van der Waals surface area contributed by atoms with Gasteiger partial charge in [0.25, 0.3) is 0 Å². The Morgan fingerprint density at radius 2 is 2.25 bits per heavy atom. The Labute approximate surface area is 168 Å². The Kier molecular flexibility index (Phi) is 5.50. The minimum absolute atomic E-state index is 0.00389. The number of aromatic amines is 1. The largest absolute Gasteiger partial charge is 0.481 e. The molecule has 146 valence electrons. The van der Waals surface area contributed by atoms with E-state index in [4.69, 9.17) is 21.1 Å². The number of rotatable bonds is 6. The summed E-state index contributed by atoms with van der Waals surface area (Å²) in [5.74, 6) is 0.422. The number of hydrogen-bond acceptors (Lipinski definition) is 4. The van der Waals surface area contributed by atoms with Crippen molar-refractivity contribution in [2.24, 2.45) is 0 Å². The number of pyridine rings is 1. The fourth-order valence-corrected chi connectivity index (χ4v) is 3.87. The van der Waals surface area contributed by atoms with E-state index < -0.39 is 0 Å². The Balaban J connectivity index is 1.37. The fourth-order valence-electron chi connectivity index (χ4n) is 3.69. The second-order valence-electron chi connectivity index (χ2n) is 6.92. The van der Waals surface area contributed by atoms with Gasteiger partial charge in [-0.2, -0.15) is 0 Å². The number of fused-ring (bicyclic) bond motifs is 3. The maximum absolute atomic E-state index is 12.4. The van der Waals surface area contributed by atoms with E-state index in [2.05, 4.69) is 15.3 Å². The first-order chi connectivity index (χ1) is 13.6. The molecule has 0 bridgehead atoms. The number of halogens is 1. The van der Waals surface area contributed by atoms with E-state index in [0.29, 0.717) is 12.5 Å². The zero-order valence-electron chi connectivity index (χ0n) is 15.6. The third kappa shape index (κ3) is 3.98. The molecule has 6 nitrogen and oxygen atoms in total. The Morgan fingerprint density at radius 1 is 1.36 bits per heavy atom. The number of aryl methyl sites for hydroxylation is 1. The van der Waals surface area contributed by atoms with Crippen LogP contribution in [0, 0.1) is 0 Å². The Morgan fingerprint density at radius 3 is 3.04 bits per heavy atom.